The normalized spacial score (nSPS) is 18.0. The molecule has 2 aromatic rings. The first-order valence-electron chi connectivity index (χ1n) is 8.36. The van der Waals surface area contributed by atoms with E-state index in [1.165, 1.54) is 0 Å². The van der Waals surface area contributed by atoms with Gasteiger partial charge < -0.3 is 10.0 Å². The second-order valence-corrected chi connectivity index (χ2v) is 6.38. The average Bonchev–Trinajstić information content (AvgIpc) is 2.62. The molecule has 1 N–H and O–H groups in total. The molecule has 0 radical (unpaired) electrons. The van der Waals surface area contributed by atoms with Crippen molar-refractivity contribution in [1.29, 1.82) is 0 Å². The van der Waals surface area contributed by atoms with Crippen molar-refractivity contribution in [2.24, 2.45) is 0 Å². The predicted octanol–water partition coefficient (Wildman–Crippen LogP) is 3.11. The van der Waals surface area contributed by atoms with Crippen LogP contribution in [0.1, 0.15) is 44.9 Å². The molecule has 1 atom stereocenters. The van der Waals surface area contributed by atoms with Gasteiger partial charge in [-0.3, -0.25) is 4.98 Å². The summed E-state index contributed by atoms with van der Waals surface area (Å²) in [6.45, 7) is 4.77. The molecule has 1 fully saturated rings. The monoisotopic (exact) mass is 326 g/mol. The highest BCUT2D eigenvalue weighted by Crippen LogP contribution is 2.28. The fourth-order valence-electron chi connectivity index (χ4n) is 2.97. The highest BCUT2D eigenvalue weighted by molar-refractivity contribution is 5.78. The van der Waals surface area contributed by atoms with Gasteiger partial charge in [-0.2, -0.15) is 0 Å². The third kappa shape index (κ3) is 3.37. The molecule has 0 bridgehead atoms. The highest BCUT2D eigenvalue weighted by atomic mass is 16.4. The van der Waals surface area contributed by atoms with Crippen molar-refractivity contribution in [2.45, 2.75) is 45.1 Å². The maximum Gasteiger partial charge on any atom is 0.326 e. The van der Waals surface area contributed by atoms with Gasteiger partial charge in [0, 0.05) is 24.7 Å². The number of hydrogen-bond acceptors (Lipinski definition) is 5. The minimum absolute atomic E-state index is 0.153. The van der Waals surface area contributed by atoms with Gasteiger partial charge in [0.25, 0.3) is 0 Å². The van der Waals surface area contributed by atoms with E-state index in [-0.39, 0.29) is 5.92 Å². The first-order chi connectivity index (χ1) is 11.6. The quantitative estimate of drug-likeness (QED) is 0.930. The SMILES string of the molecule is CC(C)c1nc(-c2ccccn2)cc(N2CCCCC2C(=O)O)n1. The molecule has 0 aromatic carbocycles. The first-order valence-corrected chi connectivity index (χ1v) is 8.36. The minimum Gasteiger partial charge on any atom is -0.480 e. The van der Waals surface area contributed by atoms with Gasteiger partial charge in [-0.15, -0.1) is 0 Å². The van der Waals surface area contributed by atoms with Crippen molar-refractivity contribution in [3.8, 4) is 11.4 Å². The number of piperidine rings is 1. The van der Waals surface area contributed by atoms with E-state index in [1.807, 2.05) is 43.0 Å². The van der Waals surface area contributed by atoms with Gasteiger partial charge in [0.05, 0.1) is 11.4 Å². The van der Waals surface area contributed by atoms with Crippen LogP contribution in [-0.4, -0.2) is 38.6 Å². The van der Waals surface area contributed by atoms with Crippen LogP contribution in [0.3, 0.4) is 0 Å². The van der Waals surface area contributed by atoms with Gasteiger partial charge in [-0.25, -0.2) is 14.8 Å². The molecule has 6 nitrogen and oxygen atoms in total. The first kappa shape index (κ1) is 16.4. The van der Waals surface area contributed by atoms with Gasteiger partial charge in [-0.1, -0.05) is 19.9 Å². The van der Waals surface area contributed by atoms with E-state index in [9.17, 15) is 9.90 Å². The van der Waals surface area contributed by atoms with Crippen LogP contribution >= 0.6 is 0 Å². The second-order valence-electron chi connectivity index (χ2n) is 6.38. The zero-order valence-corrected chi connectivity index (χ0v) is 14.0. The third-order valence-corrected chi connectivity index (χ3v) is 4.26. The van der Waals surface area contributed by atoms with Crippen molar-refractivity contribution in [3.05, 3.63) is 36.3 Å². The van der Waals surface area contributed by atoms with Crippen LogP contribution < -0.4 is 4.90 Å². The van der Waals surface area contributed by atoms with Crippen LogP contribution in [0, 0.1) is 0 Å². The summed E-state index contributed by atoms with van der Waals surface area (Å²) in [5.41, 5.74) is 1.51. The number of hydrogen-bond donors (Lipinski definition) is 1. The number of carboxylic acid groups (broad SMARTS) is 1. The number of carbonyl (C=O) groups is 1. The zero-order valence-electron chi connectivity index (χ0n) is 14.0. The van der Waals surface area contributed by atoms with Crippen LogP contribution in [0.2, 0.25) is 0 Å². The number of aromatic nitrogens is 3. The number of aliphatic carboxylic acids is 1. The molecule has 0 saturated carbocycles. The van der Waals surface area contributed by atoms with Crippen molar-refractivity contribution in [1.82, 2.24) is 15.0 Å². The smallest absolute Gasteiger partial charge is 0.326 e. The van der Waals surface area contributed by atoms with Gasteiger partial charge >= 0.3 is 5.97 Å². The van der Waals surface area contributed by atoms with E-state index >= 15 is 0 Å². The Morgan fingerprint density at radius 1 is 1.25 bits per heavy atom. The molecule has 6 heteroatoms. The zero-order chi connectivity index (χ0) is 17.1. The van der Waals surface area contributed by atoms with Crippen molar-refractivity contribution in [3.63, 3.8) is 0 Å². The van der Waals surface area contributed by atoms with Crippen LogP contribution in [0.5, 0.6) is 0 Å². The largest absolute Gasteiger partial charge is 0.480 e. The molecular formula is C18H22N4O2. The van der Waals surface area contributed by atoms with Crippen molar-refractivity contribution >= 4 is 11.8 Å². The topological polar surface area (TPSA) is 79.2 Å². The molecule has 24 heavy (non-hydrogen) atoms. The lowest BCUT2D eigenvalue weighted by molar-refractivity contribution is -0.139. The maximum atomic E-state index is 11.6. The Morgan fingerprint density at radius 3 is 2.75 bits per heavy atom. The molecule has 1 saturated heterocycles. The number of nitrogens with zero attached hydrogens (tertiary/aromatic N) is 4. The summed E-state index contributed by atoms with van der Waals surface area (Å²) in [6, 6.07) is 7.02. The van der Waals surface area contributed by atoms with Gasteiger partial charge in [-0.05, 0) is 31.4 Å². The second kappa shape index (κ2) is 6.95. The summed E-state index contributed by atoms with van der Waals surface area (Å²) in [5, 5.41) is 9.54. The molecule has 0 amide bonds. The lowest BCUT2D eigenvalue weighted by Crippen LogP contribution is -2.45. The van der Waals surface area contributed by atoms with E-state index in [2.05, 4.69) is 15.0 Å². The van der Waals surface area contributed by atoms with Crippen LogP contribution in [0.15, 0.2) is 30.5 Å². The number of rotatable bonds is 4. The molecule has 0 spiro atoms. The Labute approximate surface area is 141 Å². The lowest BCUT2D eigenvalue weighted by atomic mass is 10.0. The minimum atomic E-state index is -0.793. The van der Waals surface area contributed by atoms with Crippen LogP contribution in [-0.2, 0) is 4.79 Å². The summed E-state index contributed by atoms with van der Waals surface area (Å²) < 4.78 is 0. The summed E-state index contributed by atoms with van der Waals surface area (Å²) in [5.74, 6) is 0.753. The maximum absolute atomic E-state index is 11.6. The predicted molar refractivity (Wildman–Crippen MR) is 92.0 cm³/mol. The summed E-state index contributed by atoms with van der Waals surface area (Å²) in [7, 11) is 0. The Kier molecular flexibility index (Phi) is 4.74. The average molecular weight is 326 g/mol. The fraction of sp³-hybridized carbons (Fsp3) is 0.444. The summed E-state index contributed by atoms with van der Waals surface area (Å²) in [4.78, 5) is 27.1. The van der Waals surface area contributed by atoms with E-state index in [4.69, 9.17) is 0 Å². The standard InChI is InChI=1S/C18H22N4O2/c1-12(2)17-20-14(13-7-3-5-9-19-13)11-16(21-17)22-10-6-4-8-15(22)18(23)24/h3,5,7,9,11-12,15H,4,6,8,10H2,1-2H3,(H,23,24). The Morgan fingerprint density at radius 2 is 2.08 bits per heavy atom. The third-order valence-electron chi connectivity index (χ3n) is 4.26. The molecule has 1 aliphatic heterocycles. The molecular weight excluding hydrogens is 304 g/mol. The summed E-state index contributed by atoms with van der Waals surface area (Å²) in [6.07, 6.45) is 4.29. The van der Waals surface area contributed by atoms with Gasteiger partial charge in [0.2, 0.25) is 0 Å². The summed E-state index contributed by atoms with van der Waals surface area (Å²) >= 11 is 0. The van der Waals surface area contributed by atoms with Gasteiger partial charge in [0.15, 0.2) is 0 Å². The Hall–Kier alpha value is -2.50. The molecule has 2 aromatic heterocycles. The molecule has 3 heterocycles. The van der Waals surface area contributed by atoms with Crippen LogP contribution in [0.25, 0.3) is 11.4 Å². The van der Waals surface area contributed by atoms with E-state index in [1.54, 1.807) is 6.20 Å². The molecule has 126 valence electrons. The molecule has 3 rings (SSSR count). The molecule has 1 aliphatic rings. The van der Waals surface area contributed by atoms with E-state index in [0.29, 0.717) is 24.6 Å². The van der Waals surface area contributed by atoms with Crippen molar-refractivity contribution in [2.75, 3.05) is 11.4 Å². The Bertz CT molecular complexity index is 718. The fourth-order valence-corrected chi connectivity index (χ4v) is 2.97. The van der Waals surface area contributed by atoms with Crippen molar-refractivity contribution < 1.29 is 9.90 Å². The Balaban J connectivity index is 2.06. The van der Waals surface area contributed by atoms with E-state index in [0.717, 1.165) is 24.2 Å². The number of anilines is 1. The lowest BCUT2D eigenvalue weighted by Gasteiger charge is -2.34. The van der Waals surface area contributed by atoms with E-state index < -0.39 is 12.0 Å². The van der Waals surface area contributed by atoms with Gasteiger partial charge in [0.1, 0.15) is 17.7 Å². The highest BCUT2D eigenvalue weighted by Gasteiger charge is 2.30. The molecule has 0 aliphatic carbocycles. The molecule has 1 unspecified atom stereocenters. The van der Waals surface area contributed by atoms with Crippen LogP contribution in [0.4, 0.5) is 5.82 Å². The number of pyridine rings is 1. The number of carboxylic acids is 1.